The van der Waals surface area contributed by atoms with Crippen LogP contribution in [0, 0.1) is 0 Å². The van der Waals surface area contributed by atoms with E-state index in [2.05, 4.69) is 20.9 Å². The summed E-state index contributed by atoms with van der Waals surface area (Å²) in [6.07, 6.45) is -1.67. The Balaban J connectivity index is 1.76. The van der Waals surface area contributed by atoms with Gasteiger partial charge in [-0.1, -0.05) is 18.2 Å². The summed E-state index contributed by atoms with van der Waals surface area (Å²) in [5.41, 5.74) is 1.70. The highest BCUT2D eigenvalue weighted by molar-refractivity contribution is 9.10. The second kappa shape index (κ2) is 11.5. The molecule has 1 aliphatic heterocycles. The number of nitrogens with zero attached hydrogens (tertiary/aromatic N) is 2. The summed E-state index contributed by atoms with van der Waals surface area (Å²) in [4.78, 5) is 19.2. The number of ether oxygens (including phenoxy) is 3. The predicted octanol–water partition coefficient (Wildman–Crippen LogP) is 6.51. The normalized spacial score (nSPS) is 16.1. The molecule has 38 heavy (non-hydrogen) atoms. The fourth-order valence-electron chi connectivity index (χ4n) is 4.38. The predicted molar refractivity (Wildman–Crippen MR) is 140 cm³/mol. The van der Waals surface area contributed by atoms with Crippen LogP contribution in [-0.2, 0) is 17.5 Å². The van der Waals surface area contributed by atoms with Gasteiger partial charge in [0, 0.05) is 30.2 Å². The number of carbonyl (C=O) groups is 1. The van der Waals surface area contributed by atoms with Gasteiger partial charge >= 0.3 is 6.18 Å². The molecule has 0 saturated carbocycles. The van der Waals surface area contributed by atoms with Gasteiger partial charge in [-0.25, -0.2) is 4.98 Å². The molecule has 3 aromatic rings. The lowest BCUT2D eigenvalue weighted by atomic mass is 9.97. The fraction of sp³-hybridized carbons (Fsp3) is 0.286. The van der Waals surface area contributed by atoms with Crippen molar-refractivity contribution in [1.82, 2.24) is 9.88 Å². The Morgan fingerprint density at radius 3 is 2.42 bits per heavy atom. The fourth-order valence-corrected chi connectivity index (χ4v) is 4.76. The van der Waals surface area contributed by atoms with Crippen LogP contribution in [0.25, 0.3) is 5.57 Å². The van der Waals surface area contributed by atoms with Crippen LogP contribution >= 0.6 is 15.9 Å². The van der Waals surface area contributed by atoms with Crippen molar-refractivity contribution in [3.63, 3.8) is 0 Å². The van der Waals surface area contributed by atoms with E-state index in [9.17, 15) is 18.0 Å². The maximum atomic E-state index is 13.2. The first-order chi connectivity index (χ1) is 18.1. The van der Waals surface area contributed by atoms with E-state index in [0.717, 1.165) is 17.7 Å². The largest absolute Gasteiger partial charge is 0.497 e. The van der Waals surface area contributed by atoms with Gasteiger partial charge in [0.25, 0.3) is 0 Å². The van der Waals surface area contributed by atoms with Crippen molar-refractivity contribution in [2.24, 2.45) is 0 Å². The Labute approximate surface area is 227 Å². The maximum Gasteiger partial charge on any atom is 0.416 e. The molecule has 200 valence electrons. The van der Waals surface area contributed by atoms with Gasteiger partial charge in [0.2, 0.25) is 11.8 Å². The molecular weight excluding hydrogens is 565 g/mol. The zero-order valence-electron chi connectivity index (χ0n) is 21.0. The van der Waals surface area contributed by atoms with Gasteiger partial charge in [-0.15, -0.1) is 0 Å². The summed E-state index contributed by atoms with van der Waals surface area (Å²) in [6, 6.07) is 13.5. The first-order valence-electron chi connectivity index (χ1n) is 11.7. The number of rotatable bonds is 8. The first-order valence-corrected chi connectivity index (χ1v) is 12.5. The SMILES string of the molecule is COc1ccc(CN2C(=O)CCC2/C=C(\c2ccc(C(F)(F)F)cc2)c2ccc(Br)c(OC)n2)c(OC)c1. The zero-order valence-corrected chi connectivity index (χ0v) is 22.6. The first kappa shape index (κ1) is 27.5. The Morgan fingerprint density at radius 1 is 1.05 bits per heavy atom. The smallest absolute Gasteiger partial charge is 0.416 e. The van der Waals surface area contributed by atoms with Gasteiger partial charge in [-0.05, 0) is 64.3 Å². The van der Waals surface area contributed by atoms with E-state index >= 15 is 0 Å². The molecule has 0 radical (unpaired) electrons. The number of likely N-dealkylation sites (tertiary alicyclic amines) is 1. The molecule has 2 heterocycles. The van der Waals surface area contributed by atoms with E-state index in [4.69, 9.17) is 14.2 Å². The van der Waals surface area contributed by atoms with Crippen LogP contribution < -0.4 is 14.2 Å². The second-order valence-electron chi connectivity index (χ2n) is 8.65. The number of halogens is 4. The summed E-state index contributed by atoms with van der Waals surface area (Å²) in [5, 5.41) is 0. The number of hydrogen-bond donors (Lipinski definition) is 0. The van der Waals surface area contributed by atoms with Crippen LogP contribution in [0.2, 0.25) is 0 Å². The molecule has 1 atom stereocenters. The third-order valence-electron chi connectivity index (χ3n) is 6.37. The van der Waals surface area contributed by atoms with Gasteiger partial charge < -0.3 is 19.1 Å². The third kappa shape index (κ3) is 5.96. The summed E-state index contributed by atoms with van der Waals surface area (Å²) in [6.45, 7) is 0.296. The number of aromatic nitrogens is 1. The molecule has 1 fully saturated rings. The van der Waals surface area contributed by atoms with Crippen LogP contribution in [0.15, 0.2) is 65.1 Å². The molecule has 0 N–H and O–H groups in total. The number of benzene rings is 2. The highest BCUT2D eigenvalue weighted by Gasteiger charge is 2.32. The van der Waals surface area contributed by atoms with Crippen LogP contribution in [0.5, 0.6) is 17.4 Å². The molecule has 1 unspecified atom stereocenters. The van der Waals surface area contributed by atoms with E-state index in [0.29, 0.717) is 58.1 Å². The minimum absolute atomic E-state index is 0.0303. The van der Waals surface area contributed by atoms with Gasteiger partial charge in [0.1, 0.15) is 11.5 Å². The third-order valence-corrected chi connectivity index (χ3v) is 6.98. The Bertz CT molecular complexity index is 1340. The van der Waals surface area contributed by atoms with Crippen LogP contribution in [0.1, 0.15) is 35.2 Å². The number of amides is 1. The molecule has 0 spiro atoms. The quantitative estimate of drug-likeness (QED) is 0.299. The molecule has 6 nitrogen and oxygen atoms in total. The van der Waals surface area contributed by atoms with Gasteiger partial charge in [0.05, 0.1) is 43.1 Å². The average molecular weight is 591 g/mol. The lowest BCUT2D eigenvalue weighted by Gasteiger charge is -2.25. The standard InChI is InChI=1S/C28H26BrF3N2O4/c1-36-21-10-6-18(25(15-21)37-2)16-34-20(9-13-26(34)35)14-22(24-12-11-23(29)27(33-24)38-3)17-4-7-19(8-5-17)28(30,31)32/h4-8,10-12,14-15,20H,9,13,16H2,1-3H3/b22-14+. The van der Waals surface area contributed by atoms with Gasteiger partial charge in [-0.2, -0.15) is 13.2 Å². The lowest BCUT2D eigenvalue weighted by Crippen LogP contribution is -2.31. The molecule has 10 heteroatoms. The number of carbonyl (C=O) groups excluding carboxylic acids is 1. The molecule has 1 amide bonds. The van der Waals surface area contributed by atoms with Gasteiger partial charge in [0.15, 0.2) is 0 Å². The highest BCUT2D eigenvalue weighted by Crippen LogP contribution is 2.35. The van der Waals surface area contributed by atoms with Gasteiger partial charge in [-0.3, -0.25) is 4.79 Å². The van der Waals surface area contributed by atoms with E-state index < -0.39 is 11.7 Å². The average Bonchev–Trinajstić information content (AvgIpc) is 3.26. The zero-order chi connectivity index (χ0) is 27.4. The summed E-state index contributed by atoms with van der Waals surface area (Å²) in [5.74, 6) is 1.53. The number of pyridine rings is 1. The summed E-state index contributed by atoms with van der Waals surface area (Å²) >= 11 is 3.39. The molecule has 1 aliphatic rings. The van der Waals surface area contributed by atoms with E-state index in [1.165, 1.54) is 19.2 Å². The topological polar surface area (TPSA) is 60.9 Å². The van der Waals surface area contributed by atoms with E-state index in [1.54, 1.807) is 43.4 Å². The van der Waals surface area contributed by atoms with E-state index in [-0.39, 0.29) is 11.9 Å². The molecule has 1 aromatic heterocycles. The summed E-state index contributed by atoms with van der Waals surface area (Å²) in [7, 11) is 4.60. The summed E-state index contributed by atoms with van der Waals surface area (Å²) < 4.78 is 56.4. The Kier molecular flexibility index (Phi) is 8.30. The Morgan fingerprint density at radius 2 is 1.79 bits per heavy atom. The minimum Gasteiger partial charge on any atom is -0.497 e. The van der Waals surface area contributed by atoms with Crippen LogP contribution in [0.4, 0.5) is 13.2 Å². The van der Waals surface area contributed by atoms with Crippen molar-refractivity contribution in [3.8, 4) is 17.4 Å². The minimum atomic E-state index is -4.45. The lowest BCUT2D eigenvalue weighted by molar-refractivity contribution is -0.137. The maximum absolute atomic E-state index is 13.2. The van der Waals surface area contributed by atoms with Crippen molar-refractivity contribution < 1.29 is 32.2 Å². The molecule has 4 rings (SSSR count). The second-order valence-corrected chi connectivity index (χ2v) is 9.50. The van der Waals surface area contributed by atoms with Crippen molar-refractivity contribution in [2.45, 2.75) is 31.6 Å². The van der Waals surface area contributed by atoms with E-state index in [1.807, 2.05) is 12.1 Å². The molecule has 2 aromatic carbocycles. The Hall–Kier alpha value is -3.53. The monoisotopic (exact) mass is 590 g/mol. The van der Waals surface area contributed by atoms with Crippen LogP contribution in [0.3, 0.4) is 0 Å². The number of alkyl halides is 3. The molecular formula is C28H26BrF3N2O4. The van der Waals surface area contributed by atoms with Crippen molar-refractivity contribution >= 4 is 27.4 Å². The molecule has 1 saturated heterocycles. The molecule has 0 bridgehead atoms. The van der Waals surface area contributed by atoms with Crippen LogP contribution in [-0.4, -0.2) is 43.2 Å². The molecule has 0 aliphatic carbocycles. The van der Waals surface area contributed by atoms with Crippen molar-refractivity contribution in [1.29, 1.82) is 0 Å². The number of hydrogen-bond acceptors (Lipinski definition) is 5. The number of methoxy groups -OCH3 is 3. The van der Waals surface area contributed by atoms with Crippen molar-refractivity contribution in [2.75, 3.05) is 21.3 Å². The van der Waals surface area contributed by atoms with Crippen molar-refractivity contribution in [3.05, 3.63) is 87.5 Å². The highest BCUT2D eigenvalue weighted by atomic mass is 79.9.